The number of aromatic amines is 1. The Morgan fingerprint density at radius 3 is 2.49 bits per heavy atom. The third kappa shape index (κ3) is 7.21. The molecule has 0 saturated heterocycles. The van der Waals surface area contributed by atoms with Gasteiger partial charge in [0.25, 0.3) is 0 Å². The average Bonchev–Trinajstić information content (AvgIpc) is 3.34. The maximum absolute atomic E-state index is 13.8. The summed E-state index contributed by atoms with van der Waals surface area (Å²) in [7, 11) is -2.66. The number of hydrogen-bond donors (Lipinski definition) is 1. The van der Waals surface area contributed by atoms with Gasteiger partial charge >= 0.3 is 0 Å². The van der Waals surface area contributed by atoms with Crippen LogP contribution in [0.15, 0.2) is 77.8 Å². The van der Waals surface area contributed by atoms with Crippen LogP contribution in [0.1, 0.15) is 16.7 Å². The number of para-hydroxylation sites is 1. The van der Waals surface area contributed by atoms with Gasteiger partial charge in [-0.3, -0.25) is 4.79 Å². The topological polar surface area (TPSA) is 82.7 Å². The van der Waals surface area contributed by atoms with E-state index in [1.54, 1.807) is 4.90 Å². The first-order valence-corrected chi connectivity index (χ1v) is 14.7. The number of H-pyrrole nitrogens is 1. The van der Waals surface area contributed by atoms with E-state index >= 15 is 0 Å². The van der Waals surface area contributed by atoms with Gasteiger partial charge in [0.2, 0.25) is 15.9 Å². The molecule has 7 nitrogen and oxygen atoms in total. The maximum Gasteiger partial charge on any atom is 0.245 e. The highest BCUT2D eigenvalue weighted by molar-refractivity contribution is 7.89. The van der Waals surface area contributed by atoms with Crippen LogP contribution in [-0.2, 0) is 32.5 Å². The number of rotatable bonds is 12. The molecule has 1 heterocycles. The van der Waals surface area contributed by atoms with Crippen LogP contribution >= 0.6 is 23.2 Å². The van der Waals surface area contributed by atoms with Gasteiger partial charge in [-0.2, -0.15) is 4.31 Å². The van der Waals surface area contributed by atoms with Gasteiger partial charge in [0.15, 0.2) is 0 Å². The molecule has 0 atom stereocenters. The molecule has 0 saturated carbocycles. The molecule has 0 spiro atoms. The zero-order valence-corrected chi connectivity index (χ0v) is 24.2. The van der Waals surface area contributed by atoms with Crippen LogP contribution in [0.25, 0.3) is 10.9 Å². The lowest BCUT2D eigenvalue weighted by molar-refractivity contribution is -0.132. The number of ether oxygens (including phenoxy) is 1. The summed E-state index contributed by atoms with van der Waals surface area (Å²) in [6.45, 7) is 2.48. The van der Waals surface area contributed by atoms with Gasteiger partial charge in [-0.25, -0.2) is 8.42 Å². The SMILES string of the molecule is COCCN(CC(=O)N(CCc1c[nH]c2ccccc12)Cc1ccc(C)cc1)S(=O)(=O)c1cc(Cl)ccc1Cl. The van der Waals surface area contributed by atoms with E-state index in [1.165, 1.54) is 25.3 Å². The fourth-order valence-corrected chi connectivity index (χ4v) is 6.45. The Bertz CT molecular complexity index is 1540. The monoisotopic (exact) mass is 587 g/mol. The molecule has 39 heavy (non-hydrogen) atoms. The van der Waals surface area contributed by atoms with Crippen LogP contribution in [-0.4, -0.2) is 61.9 Å². The lowest BCUT2D eigenvalue weighted by Crippen LogP contribution is -2.44. The van der Waals surface area contributed by atoms with Crippen molar-refractivity contribution in [1.82, 2.24) is 14.2 Å². The van der Waals surface area contributed by atoms with Crippen LogP contribution in [0.2, 0.25) is 10.0 Å². The van der Waals surface area contributed by atoms with E-state index < -0.39 is 10.0 Å². The molecule has 10 heteroatoms. The van der Waals surface area contributed by atoms with Gasteiger partial charge in [0, 0.05) is 48.9 Å². The summed E-state index contributed by atoms with van der Waals surface area (Å²) in [5, 5.41) is 1.36. The van der Waals surface area contributed by atoms with E-state index in [9.17, 15) is 13.2 Å². The van der Waals surface area contributed by atoms with Crippen LogP contribution in [0.4, 0.5) is 0 Å². The molecule has 0 aliphatic carbocycles. The highest BCUT2D eigenvalue weighted by Gasteiger charge is 2.30. The molecule has 0 fully saturated rings. The van der Waals surface area contributed by atoms with Crippen molar-refractivity contribution in [2.75, 3.05) is 33.4 Å². The van der Waals surface area contributed by atoms with E-state index in [1.807, 2.05) is 61.7 Å². The second-order valence-corrected chi connectivity index (χ2v) is 12.1. The second kappa shape index (κ2) is 13.0. The molecular formula is C29H31Cl2N3O4S. The Morgan fingerprint density at radius 2 is 1.74 bits per heavy atom. The quantitative estimate of drug-likeness (QED) is 0.231. The molecule has 0 aliphatic heterocycles. The minimum Gasteiger partial charge on any atom is -0.383 e. The summed E-state index contributed by atoms with van der Waals surface area (Å²) in [6.07, 6.45) is 2.56. The molecule has 0 radical (unpaired) electrons. The first-order chi connectivity index (χ1) is 18.7. The van der Waals surface area contributed by atoms with Crippen molar-refractivity contribution in [2.24, 2.45) is 0 Å². The zero-order valence-electron chi connectivity index (χ0n) is 21.9. The predicted molar refractivity (Wildman–Crippen MR) is 156 cm³/mol. The molecule has 0 aliphatic rings. The predicted octanol–water partition coefficient (Wildman–Crippen LogP) is 5.69. The highest BCUT2D eigenvalue weighted by atomic mass is 35.5. The van der Waals surface area contributed by atoms with Gasteiger partial charge in [0.1, 0.15) is 4.90 Å². The van der Waals surface area contributed by atoms with Gasteiger partial charge < -0.3 is 14.6 Å². The van der Waals surface area contributed by atoms with Crippen LogP contribution in [0.5, 0.6) is 0 Å². The van der Waals surface area contributed by atoms with E-state index in [0.717, 1.165) is 31.9 Å². The Labute approximate surface area is 239 Å². The van der Waals surface area contributed by atoms with Crippen molar-refractivity contribution in [3.8, 4) is 0 Å². The van der Waals surface area contributed by atoms with E-state index in [2.05, 4.69) is 4.98 Å². The number of carbonyl (C=O) groups excluding carboxylic acids is 1. The van der Waals surface area contributed by atoms with Crippen LogP contribution < -0.4 is 0 Å². The molecule has 1 aromatic heterocycles. The highest BCUT2D eigenvalue weighted by Crippen LogP contribution is 2.28. The fourth-order valence-electron chi connectivity index (χ4n) is 4.34. The van der Waals surface area contributed by atoms with Gasteiger partial charge in [-0.15, -0.1) is 0 Å². The molecule has 206 valence electrons. The van der Waals surface area contributed by atoms with E-state index in [0.29, 0.717) is 19.5 Å². The number of methoxy groups -OCH3 is 1. The minimum absolute atomic E-state index is 0.0196. The third-order valence-electron chi connectivity index (χ3n) is 6.54. The number of carbonyl (C=O) groups is 1. The Kier molecular flexibility index (Phi) is 9.69. The van der Waals surface area contributed by atoms with E-state index in [4.69, 9.17) is 27.9 Å². The van der Waals surface area contributed by atoms with Gasteiger partial charge in [0.05, 0.1) is 18.2 Å². The summed E-state index contributed by atoms with van der Waals surface area (Å²) in [5.74, 6) is -0.326. The van der Waals surface area contributed by atoms with Crippen molar-refractivity contribution in [1.29, 1.82) is 0 Å². The number of benzene rings is 3. The van der Waals surface area contributed by atoms with Crippen molar-refractivity contribution < 1.29 is 17.9 Å². The number of hydrogen-bond acceptors (Lipinski definition) is 4. The largest absolute Gasteiger partial charge is 0.383 e. The standard InChI is InChI=1S/C29H31Cl2N3O4S/c1-21-7-9-22(10-8-21)19-33(14-13-23-18-32-27-6-4-3-5-25(23)27)29(35)20-34(15-16-38-2)39(36,37)28-17-24(30)11-12-26(28)31/h3-12,17-18,32H,13-16,19-20H2,1-2H3. The first kappa shape index (κ1) is 29.1. The van der Waals surface area contributed by atoms with Crippen LogP contribution in [0.3, 0.4) is 0 Å². The Balaban J connectivity index is 1.60. The van der Waals surface area contributed by atoms with Crippen molar-refractivity contribution >= 4 is 50.0 Å². The van der Waals surface area contributed by atoms with Crippen molar-refractivity contribution in [2.45, 2.75) is 24.8 Å². The van der Waals surface area contributed by atoms with Gasteiger partial charge in [-0.1, -0.05) is 71.2 Å². The number of aryl methyl sites for hydroxylation is 1. The summed E-state index contributed by atoms with van der Waals surface area (Å²) in [5.41, 5.74) is 4.18. The summed E-state index contributed by atoms with van der Waals surface area (Å²) < 4.78 is 33.5. The van der Waals surface area contributed by atoms with E-state index in [-0.39, 0.29) is 40.5 Å². The smallest absolute Gasteiger partial charge is 0.245 e. The Morgan fingerprint density at radius 1 is 1.00 bits per heavy atom. The summed E-state index contributed by atoms with van der Waals surface area (Å²) in [4.78, 5) is 18.6. The molecular weight excluding hydrogens is 557 g/mol. The molecule has 3 aromatic carbocycles. The number of nitrogens with one attached hydrogen (secondary N) is 1. The molecule has 4 rings (SSSR count). The lowest BCUT2D eigenvalue weighted by Gasteiger charge is -2.28. The van der Waals surface area contributed by atoms with Gasteiger partial charge in [-0.05, 0) is 48.7 Å². The number of fused-ring (bicyclic) bond motifs is 1. The molecule has 4 aromatic rings. The third-order valence-corrected chi connectivity index (χ3v) is 9.10. The molecule has 0 bridgehead atoms. The fraction of sp³-hybridized carbons (Fsp3) is 0.276. The molecule has 1 amide bonds. The number of amides is 1. The molecule has 0 unspecified atom stereocenters. The first-order valence-electron chi connectivity index (χ1n) is 12.5. The lowest BCUT2D eigenvalue weighted by atomic mass is 10.1. The summed E-state index contributed by atoms with van der Waals surface area (Å²) >= 11 is 12.3. The second-order valence-electron chi connectivity index (χ2n) is 9.32. The maximum atomic E-state index is 13.8. The number of nitrogens with zero attached hydrogens (tertiary/aromatic N) is 2. The zero-order chi connectivity index (χ0) is 28.0. The number of aromatic nitrogens is 1. The van der Waals surface area contributed by atoms with Crippen molar-refractivity contribution in [3.05, 3.63) is 99.7 Å². The number of sulfonamides is 1. The Hall–Kier alpha value is -2.88. The van der Waals surface area contributed by atoms with Crippen LogP contribution in [0, 0.1) is 6.92 Å². The minimum atomic E-state index is -4.14. The normalized spacial score (nSPS) is 11.8. The van der Waals surface area contributed by atoms with Crippen molar-refractivity contribution in [3.63, 3.8) is 0 Å². The average molecular weight is 589 g/mol. The molecule has 1 N–H and O–H groups in total. The summed E-state index contributed by atoms with van der Waals surface area (Å²) in [6, 6.07) is 20.2. The number of halogens is 2.